The molecule has 2 atom stereocenters. The van der Waals surface area contributed by atoms with Gasteiger partial charge in [0.05, 0.1) is 0 Å². The second-order valence-electron chi connectivity index (χ2n) is 5.04. The number of fused-ring (bicyclic) bond motifs is 3. The summed E-state index contributed by atoms with van der Waals surface area (Å²) in [4.78, 5) is 10.9. The zero-order chi connectivity index (χ0) is 14.3. The molecule has 1 amide bonds. The van der Waals surface area contributed by atoms with E-state index in [1.54, 1.807) is 6.07 Å². The van der Waals surface area contributed by atoms with Crippen molar-refractivity contribution < 1.29 is 15.0 Å². The number of rotatable bonds is 3. The van der Waals surface area contributed by atoms with Crippen molar-refractivity contribution in [2.24, 2.45) is 5.73 Å². The van der Waals surface area contributed by atoms with Crippen molar-refractivity contribution in [3.63, 3.8) is 0 Å². The van der Waals surface area contributed by atoms with E-state index in [4.69, 9.17) is 5.73 Å². The van der Waals surface area contributed by atoms with Gasteiger partial charge in [-0.25, -0.2) is 0 Å². The fourth-order valence-corrected chi connectivity index (χ4v) is 2.69. The molecule has 1 aliphatic rings. The first-order valence-corrected chi connectivity index (χ1v) is 6.44. The fraction of sp³-hybridized carbons (Fsp3) is 0.188. The minimum Gasteiger partial charge on any atom is -0.385 e. The number of aliphatic hydroxyl groups excluding tert-OH is 2. The standard InChI is InChI=1S/C16H15NO3/c17-16(20)15(19)14(18)10-5-6-13-11(8-10)7-9-3-1-2-4-12(9)13/h1-6,8,14-15,18-19H,7H2,(H2,17,20). The number of benzene rings is 2. The van der Waals surface area contributed by atoms with Crippen LogP contribution in [0.1, 0.15) is 22.8 Å². The van der Waals surface area contributed by atoms with Crippen LogP contribution in [0.15, 0.2) is 42.5 Å². The van der Waals surface area contributed by atoms with Crippen LogP contribution >= 0.6 is 0 Å². The second kappa shape index (κ2) is 4.74. The molecule has 3 rings (SSSR count). The summed E-state index contributed by atoms with van der Waals surface area (Å²) in [5, 5.41) is 19.5. The van der Waals surface area contributed by atoms with E-state index in [2.05, 4.69) is 12.1 Å². The van der Waals surface area contributed by atoms with E-state index in [9.17, 15) is 15.0 Å². The molecule has 0 bridgehead atoms. The molecule has 4 heteroatoms. The van der Waals surface area contributed by atoms with Crippen LogP contribution in [0.25, 0.3) is 11.1 Å². The molecule has 102 valence electrons. The third-order valence-electron chi connectivity index (χ3n) is 3.75. The molecule has 1 aliphatic carbocycles. The Morgan fingerprint density at radius 2 is 1.75 bits per heavy atom. The number of amides is 1. The highest BCUT2D eigenvalue weighted by atomic mass is 16.3. The van der Waals surface area contributed by atoms with Crippen LogP contribution in [0.5, 0.6) is 0 Å². The van der Waals surface area contributed by atoms with Gasteiger partial charge in [0.15, 0.2) is 6.10 Å². The van der Waals surface area contributed by atoms with Crippen LogP contribution in [-0.2, 0) is 11.2 Å². The van der Waals surface area contributed by atoms with Crippen molar-refractivity contribution in [3.05, 3.63) is 59.2 Å². The van der Waals surface area contributed by atoms with Crippen LogP contribution in [0, 0.1) is 0 Å². The zero-order valence-corrected chi connectivity index (χ0v) is 10.8. The summed E-state index contributed by atoms with van der Waals surface area (Å²) >= 11 is 0. The first-order chi connectivity index (χ1) is 9.58. The van der Waals surface area contributed by atoms with Gasteiger partial charge in [0.2, 0.25) is 5.91 Å². The van der Waals surface area contributed by atoms with Gasteiger partial charge in [-0.3, -0.25) is 4.79 Å². The molecule has 2 aromatic rings. The van der Waals surface area contributed by atoms with Gasteiger partial charge in [0.25, 0.3) is 0 Å². The first kappa shape index (κ1) is 12.8. The summed E-state index contributed by atoms with van der Waals surface area (Å²) in [7, 11) is 0. The third-order valence-corrected chi connectivity index (χ3v) is 3.75. The number of hydrogen-bond donors (Lipinski definition) is 3. The van der Waals surface area contributed by atoms with Gasteiger partial charge < -0.3 is 15.9 Å². The Labute approximate surface area is 116 Å². The molecule has 2 aromatic carbocycles. The maximum Gasteiger partial charge on any atom is 0.249 e. The number of nitrogens with two attached hydrogens (primary N) is 1. The largest absolute Gasteiger partial charge is 0.385 e. The monoisotopic (exact) mass is 269 g/mol. The smallest absolute Gasteiger partial charge is 0.249 e. The van der Waals surface area contributed by atoms with Gasteiger partial charge >= 0.3 is 0 Å². The van der Waals surface area contributed by atoms with E-state index in [1.807, 2.05) is 24.3 Å². The second-order valence-corrected chi connectivity index (χ2v) is 5.04. The first-order valence-electron chi connectivity index (χ1n) is 6.44. The Morgan fingerprint density at radius 1 is 1.05 bits per heavy atom. The predicted octanol–water partition coefficient (Wildman–Crippen LogP) is 1.14. The highest BCUT2D eigenvalue weighted by molar-refractivity contribution is 5.80. The average Bonchev–Trinajstić information content (AvgIpc) is 2.83. The summed E-state index contributed by atoms with van der Waals surface area (Å²) < 4.78 is 0. The fourth-order valence-electron chi connectivity index (χ4n) is 2.69. The number of hydrogen-bond acceptors (Lipinski definition) is 3. The Morgan fingerprint density at radius 3 is 2.50 bits per heavy atom. The molecule has 0 spiro atoms. The highest BCUT2D eigenvalue weighted by Gasteiger charge is 2.25. The van der Waals surface area contributed by atoms with Crippen LogP contribution in [0.4, 0.5) is 0 Å². The molecular weight excluding hydrogens is 254 g/mol. The lowest BCUT2D eigenvalue weighted by atomic mass is 9.98. The molecule has 2 unspecified atom stereocenters. The van der Waals surface area contributed by atoms with Crippen molar-refractivity contribution in [1.82, 2.24) is 0 Å². The third kappa shape index (κ3) is 1.99. The predicted molar refractivity (Wildman–Crippen MR) is 74.8 cm³/mol. The molecule has 0 saturated carbocycles. The van der Waals surface area contributed by atoms with E-state index in [1.165, 1.54) is 11.1 Å². The molecule has 0 aliphatic heterocycles. The van der Waals surface area contributed by atoms with Gasteiger partial charge in [0, 0.05) is 0 Å². The van der Waals surface area contributed by atoms with E-state index in [0.717, 1.165) is 17.5 Å². The van der Waals surface area contributed by atoms with Crippen molar-refractivity contribution >= 4 is 5.91 Å². The van der Waals surface area contributed by atoms with Crippen molar-refractivity contribution in [1.29, 1.82) is 0 Å². The molecular formula is C16H15NO3. The quantitative estimate of drug-likeness (QED) is 0.666. The van der Waals surface area contributed by atoms with Crippen LogP contribution in [0.2, 0.25) is 0 Å². The molecule has 0 aromatic heterocycles. The van der Waals surface area contributed by atoms with Gasteiger partial charge in [0.1, 0.15) is 6.10 Å². The van der Waals surface area contributed by atoms with Crippen LogP contribution < -0.4 is 5.73 Å². The SMILES string of the molecule is NC(=O)C(O)C(O)c1ccc2c(c1)Cc1ccccc1-2. The van der Waals surface area contributed by atoms with E-state index >= 15 is 0 Å². The van der Waals surface area contributed by atoms with Crippen LogP contribution in [-0.4, -0.2) is 22.2 Å². The maximum atomic E-state index is 10.9. The molecule has 4 nitrogen and oxygen atoms in total. The molecule has 0 radical (unpaired) electrons. The van der Waals surface area contributed by atoms with E-state index in [-0.39, 0.29) is 0 Å². The highest BCUT2D eigenvalue weighted by Crippen LogP contribution is 2.37. The van der Waals surface area contributed by atoms with E-state index in [0.29, 0.717) is 5.56 Å². The number of aliphatic hydroxyl groups is 2. The van der Waals surface area contributed by atoms with Crippen molar-refractivity contribution in [2.75, 3.05) is 0 Å². The number of carbonyl (C=O) groups is 1. The normalized spacial score (nSPS) is 15.3. The molecule has 20 heavy (non-hydrogen) atoms. The Hall–Kier alpha value is -2.17. The summed E-state index contributed by atoms with van der Waals surface area (Å²) in [6, 6.07) is 13.6. The summed E-state index contributed by atoms with van der Waals surface area (Å²) in [6.07, 6.45) is -2.09. The lowest BCUT2D eigenvalue weighted by Crippen LogP contribution is -2.33. The average molecular weight is 269 g/mol. The molecule has 0 fully saturated rings. The lowest BCUT2D eigenvalue weighted by Gasteiger charge is -2.16. The topological polar surface area (TPSA) is 83.6 Å². The van der Waals surface area contributed by atoms with Gasteiger partial charge in [-0.2, -0.15) is 0 Å². The number of primary amides is 1. The zero-order valence-electron chi connectivity index (χ0n) is 10.8. The van der Waals surface area contributed by atoms with Gasteiger partial charge in [-0.1, -0.05) is 42.5 Å². The van der Waals surface area contributed by atoms with Crippen molar-refractivity contribution in [3.8, 4) is 11.1 Å². The minimum atomic E-state index is -1.59. The minimum absolute atomic E-state index is 0.503. The Kier molecular flexibility index (Phi) is 3.04. The van der Waals surface area contributed by atoms with Crippen molar-refractivity contribution in [2.45, 2.75) is 18.6 Å². The molecule has 0 saturated heterocycles. The molecule has 4 N–H and O–H groups in total. The Bertz CT molecular complexity index is 681. The summed E-state index contributed by atoms with van der Waals surface area (Å²) in [5.74, 6) is -0.929. The van der Waals surface area contributed by atoms with Crippen LogP contribution in [0.3, 0.4) is 0 Å². The van der Waals surface area contributed by atoms with Gasteiger partial charge in [-0.15, -0.1) is 0 Å². The Balaban J connectivity index is 1.97. The summed E-state index contributed by atoms with van der Waals surface area (Å²) in [5.41, 5.74) is 10.2. The van der Waals surface area contributed by atoms with E-state index < -0.39 is 18.1 Å². The maximum absolute atomic E-state index is 10.9. The summed E-state index contributed by atoms with van der Waals surface area (Å²) in [6.45, 7) is 0. The van der Waals surface area contributed by atoms with Gasteiger partial charge in [-0.05, 0) is 34.2 Å². The number of carbonyl (C=O) groups excluding carboxylic acids is 1. The lowest BCUT2D eigenvalue weighted by molar-refractivity contribution is -0.131. The molecule has 0 heterocycles.